The van der Waals surface area contributed by atoms with Crippen LogP contribution in [0.1, 0.15) is 29.6 Å². The number of nitrogens with one attached hydrogen (secondary N) is 1. The summed E-state index contributed by atoms with van der Waals surface area (Å²) in [5.41, 5.74) is -0.268. The molecule has 2 N–H and O–H groups in total. The minimum absolute atomic E-state index is 0.160. The Bertz CT molecular complexity index is 634. The van der Waals surface area contributed by atoms with Crippen LogP contribution in [0.4, 0.5) is 0 Å². The molecule has 0 spiro atoms. The summed E-state index contributed by atoms with van der Waals surface area (Å²) in [6, 6.07) is 5.58. The first kappa shape index (κ1) is 14.5. The SMILES string of the molecule is O=C(CCS(=O)(=O)c1ccccc1C(=O)O)NC1CC1. The van der Waals surface area contributed by atoms with Crippen molar-refractivity contribution in [3.8, 4) is 0 Å². The van der Waals surface area contributed by atoms with Gasteiger partial charge in [-0.25, -0.2) is 13.2 Å². The molecule has 0 radical (unpaired) electrons. The molecule has 0 saturated heterocycles. The second-order valence-electron chi connectivity index (χ2n) is 4.71. The Labute approximate surface area is 116 Å². The molecule has 1 aromatic carbocycles. The second kappa shape index (κ2) is 5.62. The van der Waals surface area contributed by atoms with Crippen molar-refractivity contribution in [3.63, 3.8) is 0 Å². The van der Waals surface area contributed by atoms with E-state index in [0.29, 0.717) is 0 Å². The fraction of sp³-hybridized carbons (Fsp3) is 0.385. The topological polar surface area (TPSA) is 101 Å². The number of rotatable bonds is 6. The molecule has 6 nitrogen and oxygen atoms in total. The van der Waals surface area contributed by atoms with Crippen LogP contribution >= 0.6 is 0 Å². The van der Waals surface area contributed by atoms with Gasteiger partial charge in [-0.15, -0.1) is 0 Å². The first-order chi connectivity index (χ1) is 9.40. The third-order valence-corrected chi connectivity index (χ3v) is 4.76. The van der Waals surface area contributed by atoms with Crippen LogP contribution in [-0.2, 0) is 14.6 Å². The predicted octanol–water partition coefficient (Wildman–Crippen LogP) is 0.827. The van der Waals surface area contributed by atoms with Gasteiger partial charge in [-0.2, -0.15) is 0 Å². The van der Waals surface area contributed by atoms with E-state index in [-0.39, 0.29) is 28.8 Å². The summed E-state index contributed by atoms with van der Waals surface area (Å²) >= 11 is 0. The molecule has 2 rings (SSSR count). The van der Waals surface area contributed by atoms with Crippen LogP contribution in [0.15, 0.2) is 29.2 Å². The van der Waals surface area contributed by atoms with Gasteiger partial charge in [-0.05, 0) is 25.0 Å². The monoisotopic (exact) mass is 297 g/mol. The van der Waals surface area contributed by atoms with Gasteiger partial charge in [0.2, 0.25) is 5.91 Å². The van der Waals surface area contributed by atoms with Gasteiger partial charge in [0.05, 0.1) is 16.2 Å². The zero-order valence-electron chi connectivity index (χ0n) is 10.7. The van der Waals surface area contributed by atoms with Crippen molar-refractivity contribution in [3.05, 3.63) is 29.8 Å². The van der Waals surface area contributed by atoms with Gasteiger partial charge in [0, 0.05) is 12.5 Å². The third kappa shape index (κ3) is 3.57. The zero-order chi connectivity index (χ0) is 14.8. The van der Waals surface area contributed by atoms with Crippen LogP contribution < -0.4 is 5.32 Å². The first-order valence-electron chi connectivity index (χ1n) is 6.24. The smallest absolute Gasteiger partial charge is 0.337 e. The first-order valence-corrected chi connectivity index (χ1v) is 7.90. The van der Waals surface area contributed by atoms with E-state index in [1.165, 1.54) is 24.3 Å². The molecule has 0 bridgehead atoms. The molecule has 0 atom stereocenters. The van der Waals surface area contributed by atoms with Crippen LogP contribution in [0.3, 0.4) is 0 Å². The minimum atomic E-state index is -3.79. The highest BCUT2D eigenvalue weighted by atomic mass is 32.2. The largest absolute Gasteiger partial charge is 0.478 e. The lowest BCUT2D eigenvalue weighted by Gasteiger charge is -2.08. The number of hydrogen-bond donors (Lipinski definition) is 2. The van der Waals surface area contributed by atoms with E-state index in [1.807, 2.05) is 0 Å². The number of carboxylic acids is 1. The lowest BCUT2D eigenvalue weighted by Crippen LogP contribution is -2.27. The molecule has 20 heavy (non-hydrogen) atoms. The van der Waals surface area contributed by atoms with Gasteiger partial charge < -0.3 is 10.4 Å². The van der Waals surface area contributed by atoms with Gasteiger partial charge in [0.15, 0.2) is 9.84 Å². The zero-order valence-corrected chi connectivity index (χ0v) is 11.5. The molecule has 1 saturated carbocycles. The highest BCUT2D eigenvalue weighted by molar-refractivity contribution is 7.91. The number of carbonyl (C=O) groups excluding carboxylic acids is 1. The molecule has 1 aliphatic carbocycles. The molecule has 1 aliphatic rings. The quantitative estimate of drug-likeness (QED) is 0.810. The summed E-state index contributed by atoms with van der Waals surface area (Å²) in [7, 11) is -3.79. The Morgan fingerprint density at radius 1 is 1.25 bits per heavy atom. The Hall–Kier alpha value is -1.89. The highest BCUT2D eigenvalue weighted by Crippen LogP contribution is 2.20. The van der Waals surface area contributed by atoms with E-state index in [1.54, 1.807) is 0 Å². The van der Waals surface area contributed by atoms with E-state index >= 15 is 0 Å². The third-order valence-electron chi connectivity index (χ3n) is 2.99. The molecular weight excluding hydrogens is 282 g/mol. The predicted molar refractivity (Wildman–Crippen MR) is 71.2 cm³/mol. The minimum Gasteiger partial charge on any atom is -0.478 e. The maximum absolute atomic E-state index is 12.1. The standard InChI is InChI=1S/C13H15NO5S/c15-12(14-9-5-6-9)7-8-20(18,19)11-4-2-1-3-10(11)13(16)17/h1-4,9H,5-8H2,(H,14,15)(H,16,17). The van der Waals surface area contributed by atoms with Crippen LogP contribution in [0, 0.1) is 0 Å². The second-order valence-corrected chi connectivity index (χ2v) is 6.79. The van der Waals surface area contributed by atoms with Gasteiger partial charge in [-0.1, -0.05) is 12.1 Å². The van der Waals surface area contributed by atoms with Crippen molar-refractivity contribution < 1.29 is 23.1 Å². The summed E-state index contributed by atoms with van der Waals surface area (Å²) < 4.78 is 24.2. The van der Waals surface area contributed by atoms with Crippen LogP contribution in [0.25, 0.3) is 0 Å². The molecule has 0 aromatic heterocycles. The molecule has 0 aliphatic heterocycles. The highest BCUT2D eigenvalue weighted by Gasteiger charge is 2.26. The summed E-state index contributed by atoms with van der Waals surface area (Å²) in [5.74, 6) is -2.01. The van der Waals surface area contributed by atoms with E-state index in [2.05, 4.69) is 5.32 Å². The number of amides is 1. The van der Waals surface area contributed by atoms with Crippen LogP contribution in [-0.4, -0.2) is 37.2 Å². The van der Waals surface area contributed by atoms with Gasteiger partial charge in [0.25, 0.3) is 0 Å². The van der Waals surface area contributed by atoms with E-state index in [0.717, 1.165) is 12.8 Å². The summed E-state index contributed by atoms with van der Waals surface area (Å²) in [6.45, 7) is 0. The number of hydrogen-bond acceptors (Lipinski definition) is 4. The lowest BCUT2D eigenvalue weighted by atomic mass is 10.2. The summed E-state index contributed by atoms with van der Waals surface area (Å²) in [4.78, 5) is 22.3. The fourth-order valence-corrected chi connectivity index (χ4v) is 3.23. The maximum Gasteiger partial charge on any atom is 0.337 e. The molecule has 1 amide bonds. The summed E-state index contributed by atoms with van der Waals surface area (Å²) in [5, 5.41) is 11.7. The number of carbonyl (C=O) groups is 2. The molecule has 1 aromatic rings. The Kier molecular flexibility index (Phi) is 4.08. The molecule has 7 heteroatoms. The van der Waals surface area contributed by atoms with E-state index < -0.39 is 21.6 Å². The molecular formula is C13H15NO5S. The van der Waals surface area contributed by atoms with Crippen LogP contribution in [0.5, 0.6) is 0 Å². The van der Waals surface area contributed by atoms with Crippen molar-refractivity contribution >= 4 is 21.7 Å². The van der Waals surface area contributed by atoms with Crippen LogP contribution in [0.2, 0.25) is 0 Å². The van der Waals surface area contributed by atoms with Gasteiger partial charge in [0.1, 0.15) is 0 Å². The lowest BCUT2D eigenvalue weighted by molar-refractivity contribution is -0.120. The Morgan fingerprint density at radius 3 is 2.50 bits per heavy atom. The number of benzene rings is 1. The van der Waals surface area contributed by atoms with E-state index in [9.17, 15) is 18.0 Å². The normalized spacial score (nSPS) is 14.8. The van der Waals surface area contributed by atoms with Crippen molar-refractivity contribution in [1.82, 2.24) is 5.32 Å². The number of carboxylic acid groups (broad SMARTS) is 1. The molecule has 0 unspecified atom stereocenters. The number of aromatic carboxylic acids is 1. The average molecular weight is 297 g/mol. The Morgan fingerprint density at radius 2 is 1.90 bits per heavy atom. The van der Waals surface area contributed by atoms with Crippen molar-refractivity contribution in [1.29, 1.82) is 0 Å². The summed E-state index contributed by atoms with van der Waals surface area (Å²) in [6.07, 6.45) is 1.70. The van der Waals surface area contributed by atoms with Crippen molar-refractivity contribution in [2.75, 3.05) is 5.75 Å². The van der Waals surface area contributed by atoms with E-state index in [4.69, 9.17) is 5.11 Å². The molecule has 1 fully saturated rings. The Balaban J connectivity index is 2.09. The average Bonchev–Trinajstić information content (AvgIpc) is 3.20. The van der Waals surface area contributed by atoms with Crippen molar-refractivity contribution in [2.24, 2.45) is 0 Å². The molecule has 108 valence electrons. The van der Waals surface area contributed by atoms with Gasteiger partial charge in [-0.3, -0.25) is 4.79 Å². The van der Waals surface area contributed by atoms with Gasteiger partial charge >= 0.3 is 5.97 Å². The molecule has 0 heterocycles. The maximum atomic E-state index is 12.1. The number of sulfone groups is 1. The van der Waals surface area contributed by atoms with Crippen molar-refractivity contribution in [2.45, 2.75) is 30.2 Å². The fourth-order valence-electron chi connectivity index (χ4n) is 1.78.